The molecule has 0 spiro atoms. The Morgan fingerprint density at radius 1 is 1.15 bits per heavy atom. The van der Waals surface area contributed by atoms with E-state index < -0.39 is 0 Å². The molecule has 0 fully saturated rings. The zero-order valence-electron chi connectivity index (χ0n) is 11.5. The summed E-state index contributed by atoms with van der Waals surface area (Å²) in [6.07, 6.45) is 0. The van der Waals surface area contributed by atoms with E-state index in [2.05, 4.69) is 9.97 Å². The molecule has 0 aliphatic rings. The van der Waals surface area contributed by atoms with Gasteiger partial charge in [-0.3, -0.25) is 4.98 Å². The zero-order chi connectivity index (χ0) is 14.1. The summed E-state index contributed by atoms with van der Waals surface area (Å²) < 4.78 is 5.72. The fourth-order valence-electron chi connectivity index (χ4n) is 2.12. The smallest absolute Gasteiger partial charge is 0.298 e. The highest BCUT2D eigenvalue weighted by Crippen LogP contribution is 2.25. The summed E-state index contributed by atoms with van der Waals surface area (Å²) in [6, 6.07) is 12.0. The van der Waals surface area contributed by atoms with Crippen molar-refractivity contribution in [3.8, 4) is 0 Å². The normalized spacial score (nSPS) is 10.9. The monoisotopic (exact) mass is 268 g/mol. The van der Waals surface area contributed by atoms with Crippen molar-refractivity contribution in [2.45, 2.75) is 13.5 Å². The van der Waals surface area contributed by atoms with E-state index in [9.17, 15) is 0 Å². The number of aromatic nitrogens is 2. The molecule has 2 N–H and O–H groups in total. The summed E-state index contributed by atoms with van der Waals surface area (Å²) in [5, 5.41) is 0. The van der Waals surface area contributed by atoms with Gasteiger partial charge in [-0.15, -0.1) is 0 Å². The molecule has 0 saturated carbocycles. The van der Waals surface area contributed by atoms with E-state index in [1.54, 1.807) is 0 Å². The van der Waals surface area contributed by atoms with Crippen LogP contribution in [0.5, 0.6) is 0 Å². The van der Waals surface area contributed by atoms with E-state index in [-0.39, 0.29) is 0 Å². The van der Waals surface area contributed by atoms with Gasteiger partial charge in [0.15, 0.2) is 5.58 Å². The number of nitrogens with two attached hydrogens (primary N) is 1. The molecule has 0 saturated heterocycles. The Labute approximate surface area is 117 Å². The number of hydrogen-bond donors (Lipinski definition) is 1. The van der Waals surface area contributed by atoms with Crippen molar-refractivity contribution in [3.63, 3.8) is 0 Å². The molecule has 5 nitrogen and oxygen atoms in total. The lowest BCUT2D eigenvalue weighted by atomic mass is 10.3. The number of hydrogen-bond acceptors (Lipinski definition) is 5. The van der Waals surface area contributed by atoms with Crippen LogP contribution in [0.3, 0.4) is 0 Å². The van der Waals surface area contributed by atoms with Crippen molar-refractivity contribution in [3.05, 3.63) is 47.8 Å². The first-order valence-electron chi connectivity index (χ1n) is 6.42. The van der Waals surface area contributed by atoms with E-state index in [0.29, 0.717) is 29.3 Å². The van der Waals surface area contributed by atoms with Gasteiger partial charge in [0.1, 0.15) is 5.52 Å². The molecule has 2 aromatic heterocycles. The maximum atomic E-state index is 5.89. The molecule has 0 amide bonds. The Bertz CT molecular complexity index is 750. The van der Waals surface area contributed by atoms with Crippen LogP contribution >= 0.6 is 0 Å². The van der Waals surface area contributed by atoms with Gasteiger partial charge in [0, 0.05) is 12.7 Å². The molecule has 5 heteroatoms. The van der Waals surface area contributed by atoms with Crippen LogP contribution < -0.4 is 10.6 Å². The predicted molar refractivity (Wildman–Crippen MR) is 79.5 cm³/mol. The van der Waals surface area contributed by atoms with Gasteiger partial charge in [0.05, 0.1) is 17.9 Å². The Morgan fingerprint density at radius 3 is 2.70 bits per heavy atom. The average molecular weight is 268 g/mol. The minimum Gasteiger partial charge on any atom is -0.423 e. The largest absolute Gasteiger partial charge is 0.423 e. The number of benzene rings is 1. The number of aryl methyl sites for hydroxylation is 1. The summed E-state index contributed by atoms with van der Waals surface area (Å²) in [5.41, 5.74) is 9.88. The second kappa shape index (κ2) is 4.85. The highest BCUT2D eigenvalue weighted by Gasteiger charge is 2.12. The number of anilines is 2. The molecule has 0 aliphatic carbocycles. The van der Waals surface area contributed by atoms with Gasteiger partial charge in [0.2, 0.25) is 0 Å². The molecular weight excluding hydrogens is 252 g/mol. The fraction of sp³-hybridized carbons (Fsp3) is 0.200. The third-order valence-electron chi connectivity index (χ3n) is 3.11. The number of rotatable bonds is 3. The van der Waals surface area contributed by atoms with E-state index in [4.69, 9.17) is 10.2 Å². The van der Waals surface area contributed by atoms with Gasteiger partial charge < -0.3 is 15.1 Å². The SMILES string of the molecule is Cc1cccc(CN(C)c2nc3c(N)cccc3o2)n1. The van der Waals surface area contributed by atoms with Gasteiger partial charge in [-0.2, -0.15) is 4.98 Å². The molecular formula is C15H16N4O. The van der Waals surface area contributed by atoms with Crippen LogP contribution in [0.4, 0.5) is 11.7 Å². The summed E-state index contributed by atoms with van der Waals surface area (Å²) in [7, 11) is 1.92. The average Bonchev–Trinajstić information content (AvgIpc) is 2.84. The van der Waals surface area contributed by atoms with Crippen LogP contribution in [-0.2, 0) is 6.54 Å². The minimum atomic E-state index is 0.543. The molecule has 1 aromatic carbocycles. The Morgan fingerprint density at radius 2 is 1.95 bits per heavy atom. The molecule has 0 bridgehead atoms. The first kappa shape index (κ1) is 12.5. The third-order valence-corrected chi connectivity index (χ3v) is 3.11. The van der Waals surface area contributed by atoms with Crippen molar-refractivity contribution >= 4 is 22.8 Å². The lowest BCUT2D eigenvalue weighted by Crippen LogP contribution is -2.17. The topological polar surface area (TPSA) is 68.2 Å². The molecule has 0 aliphatic heterocycles. The summed E-state index contributed by atoms with van der Waals surface area (Å²) in [6.45, 7) is 2.61. The van der Waals surface area contributed by atoms with Crippen LogP contribution in [0.1, 0.15) is 11.4 Å². The maximum absolute atomic E-state index is 5.89. The lowest BCUT2D eigenvalue weighted by Gasteiger charge is -2.13. The van der Waals surface area contributed by atoms with Crippen molar-refractivity contribution in [1.82, 2.24) is 9.97 Å². The zero-order valence-corrected chi connectivity index (χ0v) is 11.5. The highest BCUT2D eigenvalue weighted by atomic mass is 16.4. The predicted octanol–water partition coefficient (Wildman–Crippen LogP) is 2.75. The lowest BCUT2D eigenvalue weighted by molar-refractivity contribution is 0.580. The standard InChI is InChI=1S/C15H16N4O/c1-10-5-3-6-11(17-10)9-19(2)15-18-14-12(16)7-4-8-13(14)20-15/h3-8H,9,16H2,1-2H3. The molecule has 0 unspecified atom stereocenters. The second-order valence-corrected chi connectivity index (χ2v) is 4.82. The minimum absolute atomic E-state index is 0.543. The van der Waals surface area contributed by atoms with Crippen molar-refractivity contribution in [1.29, 1.82) is 0 Å². The van der Waals surface area contributed by atoms with Crippen molar-refractivity contribution < 1.29 is 4.42 Å². The molecule has 0 radical (unpaired) electrons. The van der Waals surface area contributed by atoms with E-state index >= 15 is 0 Å². The first-order valence-corrected chi connectivity index (χ1v) is 6.42. The van der Waals surface area contributed by atoms with E-state index in [0.717, 1.165) is 11.4 Å². The second-order valence-electron chi connectivity index (χ2n) is 4.82. The van der Waals surface area contributed by atoms with Crippen molar-refractivity contribution in [2.75, 3.05) is 17.7 Å². The van der Waals surface area contributed by atoms with Gasteiger partial charge in [-0.25, -0.2) is 0 Å². The van der Waals surface area contributed by atoms with Crippen LogP contribution in [-0.4, -0.2) is 17.0 Å². The van der Waals surface area contributed by atoms with Crippen LogP contribution in [0.2, 0.25) is 0 Å². The quantitative estimate of drug-likeness (QED) is 0.740. The Hall–Kier alpha value is -2.56. The van der Waals surface area contributed by atoms with Crippen LogP contribution in [0, 0.1) is 6.92 Å². The van der Waals surface area contributed by atoms with Gasteiger partial charge in [-0.05, 0) is 31.2 Å². The van der Waals surface area contributed by atoms with Crippen LogP contribution in [0.15, 0.2) is 40.8 Å². The number of para-hydroxylation sites is 1. The maximum Gasteiger partial charge on any atom is 0.298 e. The molecule has 3 rings (SSSR count). The number of pyridine rings is 1. The summed E-state index contributed by atoms with van der Waals surface area (Å²) in [5.74, 6) is 0. The number of fused-ring (bicyclic) bond motifs is 1. The highest BCUT2D eigenvalue weighted by molar-refractivity contribution is 5.86. The van der Waals surface area contributed by atoms with E-state index in [1.165, 1.54) is 0 Å². The molecule has 0 atom stereocenters. The Balaban J connectivity index is 1.89. The third kappa shape index (κ3) is 2.30. The Kier molecular flexibility index (Phi) is 3.02. The van der Waals surface area contributed by atoms with Crippen LogP contribution in [0.25, 0.3) is 11.1 Å². The summed E-state index contributed by atoms with van der Waals surface area (Å²) >= 11 is 0. The number of nitrogens with zero attached hydrogens (tertiary/aromatic N) is 3. The molecule has 3 aromatic rings. The van der Waals surface area contributed by atoms with E-state index in [1.807, 2.05) is 55.3 Å². The molecule has 2 heterocycles. The fourth-order valence-corrected chi connectivity index (χ4v) is 2.12. The number of nitrogen functional groups attached to an aromatic ring is 1. The molecule has 102 valence electrons. The van der Waals surface area contributed by atoms with Gasteiger partial charge >= 0.3 is 0 Å². The molecule has 20 heavy (non-hydrogen) atoms. The number of oxazole rings is 1. The first-order chi connectivity index (χ1) is 9.63. The summed E-state index contributed by atoms with van der Waals surface area (Å²) in [4.78, 5) is 10.8. The van der Waals surface area contributed by atoms with Gasteiger partial charge in [0.25, 0.3) is 6.01 Å². The van der Waals surface area contributed by atoms with Crippen molar-refractivity contribution in [2.24, 2.45) is 0 Å². The van der Waals surface area contributed by atoms with Gasteiger partial charge in [-0.1, -0.05) is 12.1 Å².